The highest BCUT2D eigenvalue weighted by atomic mass is 19.1. The van der Waals surface area contributed by atoms with Crippen LogP contribution in [0.5, 0.6) is 0 Å². The largest absolute Gasteiger partial charge is 0.354 e. The molecule has 1 aromatic carbocycles. The molecule has 1 aromatic heterocycles. The fourth-order valence-corrected chi connectivity index (χ4v) is 2.47. The summed E-state index contributed by atoms with van der Waals surface area (Å²) in [6, 6.07) is 3.16. The number of aromatic nitrogens is 1. The van der Waals surface area contributed by atoms with E-state index in [9.17, 15) is 14.0 Å². The Morgan fingerprint density at radius 2 is 2.05 bits per heavy atom. The first-order valence-corrected chi connectivity index (χ1v) is 6.96. The highest BCUT2D eigenvalue weighted by molar-refractivity contribution is 6.01. The molecule has 2 rings (SSSR count). The van der Waals surface area contributed by atoms with Crippen LogP contribution in [-0.4, -0.2) is 23.7 Å². The van der Waals surface area contributed by atoms with Gasteiger partial charge in [-0.05, 0) is 49.9 Å². The number of halogens is 1. The van der Waals surface area contributed by atoms with E-state index >= 15 is 0 Å². The third-order valence-corrected chi connectivity index (χ3v) is 3.60. The summed E-state index contributed by atoms with van der Waals surface area (Å²) in [6.45, 7) is 3.25. The van der Waals surface area contributed by atoms with Crippen LogP contribution >= 0.6 is 0 Å². The van der Waals surface area contributed by atoms with Crippen LogP contribution in [0.25, 0.3) is 10.9 Å². The monoisotopic (exact) mass is 290 g/mol. The molecule has 21 heavy (non-hydrogen) atoms. The van der Waals surface area contributed by atoms with Crippen molar-refractivity contribution >= 4 is 22.6 Å². The maximum absolute atomic E-state index is 13.7. The molecule has 0 spiro atoms. The number of carbonyl (C=O) groups is 2. The molecule has 0 saturated carbocycles. The van der Waals surface area contributed by atoms with Crippen molar-refractivity contribution < 1.29 is 14.0 Å². The van der Waals surface area contributed by atoms with Gasteiger partial charge in [-0.15, -0.1) is 0 Å². The number of aromatic amines is 1. The van der Waals surface area contributed by atoms with Gasteiger partial charge in [-0.25, -0.2) is 4.39 Å². The minimum Gasteiger partial charge on any atom is -0.354 e. The second kappa shape index (κ2) is 6.08. The standard InChI is InChI=1S/C16H19FN2O2/c1-9-7-12-11(6-4-5-10(2)20)15(16(21)18-3)19-14(12)8-13(9)17/h7-8,19H,4-6H2,1-3H3,(H,18,21). The Bertz CT molecular complexity index is 704. The van der Waals surface area contributed by atoms with E-state index in [0.717, 1.165) is 10.9 Å². The van der Waals surface area contributed by atoms with Crippen molar-refractivity contribution in [3.63, 3.8) is 0 Å². The third kappa shape index (κ3) is 3.12. The fourth-order valence-electron chi connectivity index (χ4n) is 2.47. The first-order valence-electron chi connectivity index (χ1n) is 6.96. The van der Waals surface area contributed by atoms with Crippen LogP contribution < -0.4 is 5.32 Å². The molecule has 0 unspecified atom stereocenters. The zero-order chi connectivity index (χ0) is 15.6. The minimum atomic E-state index is -0.303. The van der Waals surface area contributed by atoms with Gasteiger partial charge in [0.1, 0.15) is 17.3 Å². The second-order valence-electron chi connectivity index (χ2n) is 5.26. The molecule has 112 valence electrons. The zero-order valence-electron chi connectivity index (χ0n) is 12.5. The van der Waals surface area contributed by atoms with Crippen molar-refractivity contribution in [1.29, 1.82) is 0 Å². The lowest BCUT2D eigenvalue weighted by Gasteiger charge is -2.04. The molecular weight excluding hydrogens is 271 g/mol. The lowest BCUT2D eigenvalue weighted by molar-refractivity contribution is -0.117. The summed E-state index contributed by atoms with van der Waals surface area (Å²) in [6.07, 6.45) is 1.75. The van der Waals surface area contributed by atoms with Crippen LogP contribution in [0.4, 0.5) is 4.39 Å². The van der Waals surface area contributed by atoms with Crippen LogP contribution in [0.3, 0.4) is 0 Å². The van der Waals surface area contributed by atoms with E-state index in [1.165, 1.54) is 6.07 Å². The van der Waals surface area contributed by atoms with Crippen LogP contribution in [0.2, 0.25) is 0 Å². The Hall–Kier alpha value is -2.17. The van der Waals surface area contributed by atoms with Crippen molar-refractivity contribution in [2.75, 3.05) is 7.05 Å². The number of rotatable bonds is 5. The number of hydrogen-bond donors (Lipinski definition) is 2. The fraction of sp³-hybridized carbons (Fsp3) is 0.375. The summed E-state index contributed by atoms with van der Waals surface area (Å²) in [5.74, 6) is -0.414. The molecule has 4 nitrogen and oxygen atoms in total. The maximum atomic E-state index is 13.7. The number of amides is 1. The molecule has 2 N–H and O–H groups in total. The summed E-state index contributed by atoms with van der Waals surface area (Å²) in [5.41, 5.74) is 2.43. The summed E-state index contributed by atoms with van der Waals surface area (Å²) in [5, 5.41) is 3.42. The van der Waals surface area contributed by atoms with Gasteiger partial charge in [-0.1, -0.05) is 0 Å². The van der Waals surface area contributed by atoms with E-state index in [1.807, 2.05) is 0 Å². The number of carbonyl (C=O) groups excluding carboxylic acids is 2. The number of hydrogen-bond acceptors (Lipinski definition) is 2. The molecule has 0 saturated heterocycles. The van der Waals surface area contributed by atoms with E-state index < -0.39 is 0 Å². The van der Waals surface area contributed by atoms with E-state index in [4.69, 9.17) is 0 Å². The highest BCUT2D eigenvalue weighted by Gasteiger charge is 2.18. The number of ketones is 1. The zero-order valence-corrected chi connectivity index (χ0v) is 12.5. The molecule has 0 aliphatic heterocycles. The molecule has 1 amide bonds. The average molecular weight is 290 g/mol. The summed E-state index contributed by atoms with van der Waals surface area (Å²) < 4.78 is 13.7. The Morgan fingerprint density at radius 3 is 2.67 bits per heavy atom. The smallest absolute Gasteiger partial charge is 0.267 e. The number of benzene rings is 1. The van der Waals surface area contributed by atoms with Crippen LogP contribution in [-0.2, 0) is 11.2 Å². The predicted molar refractivity (Wildman–Crippen MR) is 80.0 cm³/mol. The minimum absolute atomic E-state index is 0.124. The van der Waals surface area contributed by atoms with E-state index in [1.54, 1.807) is 27.0 Å². The lowest BCUT2D eigenvalue weighted by Crippen LogP contribution is -2.19. The van der Waals surface area contributed by atoms with Crippen molar-refractivity contribution in [3.8, 4) is 0 Å². The number of Topliss-reactive ketones (excluding diaryl/α,β-unsaturated/α-hetero) is 1. The Morgan fingerprint density at radius 1 is 1.33 bits per heavy atom. The highest BCUT2D eigenvalue weighted by Crippen LogP contribution is 2.27. The SMILES string of the molecule is CNC(=O)c1[nH]c2cc(F)c(C)cc2c1CCCC(C)=O. The first-order chi connectivity index (χ1) is 9.93. The van der Waals surface area contributed by atoms with Crippen LogP contribution in [0, 0.1) is 12.7 Å². The molecule has 0 fully saturated rings. The summed E-state index contributed by atoms with van der Waals surface area (Å²) >= 11 is 0. The van der Waals surface area contributed by atoms with Crippen LogP contribution in [0.15, 0.2) is 12.1 Å². The van der Waals surface area contributed by atoms with Gasteiger partial charge in [-0.2, -0.15) is 0 Å². The predicted octanol–water partition coefficient (Wildman–Crippen LogP) is 2.89. The van der Waals surface area contributed by atoms with Crippen molar-refractivity contribution in [3.05, 3.63) is 34.8 Å². The number of nitrogens with one attached hydrogen (secondary N) is 2. The van der Waals surface area contributed by atoms with Gasteiger partial charge in [0.25, 0.3) is 5.91 Å². The van der Waals surface area contributed by atoms with Crippen molar-refractivity contribution in [2.45, 2.75) is 33.1 Å². The Kier molecular flexibility index (Phi) is 4.40. The molecule has 0 aliphatic carbocycles. The molecule has 2 aromatic rings. The first kappa shape index (κ1) is 15.2. The number of fused-ring (bicyclic) bond motifs is 1. The number of H-pyrrole nitrogens is 1. The van der Waals surface area contributed by atoms with E-state index in [-0.39, 0.29) is 17.5 Å². The van der Waals surface area contributed by atoms with Gasteiger partial charge >= 0.3 is 0 Å². The summed E-state index contributed by atoms with van der Waals surface area (Å²) in [4.78, 5) is 26.0. The molecule has 0 radical (unpaired) electrons. The molecular formula is C16H19FN2O2. The maximum Gasteiger partial charge on any atom is 0.267 e. The molecule has 0 atom stereocenters. The van der Waals surface area contributed by atoms with Gasteiger partial charge in [-0.3, -0.25) is 4.79 Å². The van der Waals surface area contributed by atoms with Gasteiger partial charge in [0.2, 0.25) is 0 Å². The second-order valence-corrected chi connectivity index (χ2v) is 5.26. The quantitative estimate of drug-likeness (QED) is 0.889. The Balaban J connectivity index is 2.48. The topological polar surface area (TPSA) is 62.0 Å². The van der Waals surface area contributed by atoms with E-state index in [2.05, 4.69) is 10.3 Å². The van der Waals surface area contributed by atoms with Crippen molar-refractivity contribution in [2.24, 2.45) is 0 Å². The lowest BCUT2D eigenvalue weighted by atomic mass is 10.0. The van der Waals surface area contributed by atoms with Gasteiger partial charge < -0.3 is 15.1 Å². The molecule has 1 heterocycles. The van der Waals surface area contributed by atoms with Gasteiger partial charge in [0.15, 0.2) is 0 Å². The Labute approximate surface area is 122 Å². The number of aryl methyl sites for hydroxylation is 2. The third-order valence-electron chi connectivity index (χ3n) is 3.60. The van der Waals surface area contributed by atoms with Crippen molar-refractivity contribution in [1.82, 2.24) is 10.3 Å². The van der Waals surface area contributed by atoms with E-state index in [0.29, 0.717) is 36.0 Å². The van der Waals surface area contributed by atoms with Crippen LogP contribution in [0.1, 0.15) is 41.4 Å². The normalized spacial score (nSPS) is 10.9. The summed E-state index contributed by atoms with van der Waals surface area (Å²) in [7, 11) is 1.55. The van der Waals surface area contributed by atoms with Gasteiger partial charge in [0.05, 0.1) is 0 Å². The molecule has 5 heteroatoms. The molecule has 0 bridgehead atoms. The average Bonchev–Trinajstić information content (AvgIpc) is 2.76. The molecule has 0 aliphatic rings. The van der Waals surface area contributed by atoms with Gasteiger partial charge in [0, 0.05) is 24.4 Å².